The molecule has 0 fully saturated rings. The predicted molar refractivity (Wildman–Crippen MR) is 56.4 cm³/mol. The lowest BCUT2D eigenvalue weighted by Gasteiger charge is -2.15. The fourth-order valence-corrected chi connectivity index (χ4v) is 1.34. The molecule has 0 bridgehead atoms. The molecule has 0 saturated carbocycles. The third-order valence-corrected chi connectivity index (χ3v) is 1.96. The number of ether oxygens (including phenoxy) is 2. The molecule has 0 radical (unpaired) electrons. The van der Waals surface area contributed by atoms with E-state index in [1.807, 2.05) is 31.2 Å². The van der Waals surface area contributed by atoms with Crippen LogP contribution in [0.3, 0.4) is 0 Å². The molecule has 0 amide bonds. The Morgan fingerprint density at radius 2 is 2.07 bits per heavy atom. The first-order chi connectivity index (χ1) is 6.79. The molecule has 1 aromatic rings. The quantitative estimate of drug-likeness (QED) is 0.778. The monoisotopic (exact) mass is 195 g/mol. The molecule has 3 heteroatoms. The van der Waals surface area contributed by atoms with E-state index in [0.717, 1.165) is 11.3 Å². The zero-order valence-corrected chi connectivity index (χ0v) is 8.69. The molecule has 0 aliphatic heterocycles. The van der Waals surface area contributed by atoms with Crippen LogP contribution in [0.1, 0.15) is 18.5 Å². The number of hydrogen-bond acceptors (Lipinski definition) is 3. The molecule has 1 atom stereocenters. The van der Waals surface area contributed by atoms with E-state index in [1.54, 1.807) is 7.11 Å². The lowest BCUT2D eigenvalue weighted by Crippen LogP contribution is -2.17. The zero-order chi connectivity index (χ0) is 10.4. The fourth-order valence-electron chi connectivity index (χ4n) is 1.34. The van der Waals surface area contributed by atoms with Gasteiger partial charge in [0.15, 0.2) is 0 Å². The molecule has 2 N–H and O–H groups in total. The van der Waals surface area contributed by atoms with Crippen LogP contribution in [0.4, 0.5) is 0 Å². The predicted octanol–water partition coefficient (Wildman–Crippen LogP) is 1.73. The molecule has 0 aliphatic carbocycles. The van der Waals surface area contributed by atoms with Crippen molar-refractivity contribution >= 4 is 0 Å². The average molecular weight is 195 g/mol. The van der Waals surface area contributed by atoms with E-state index in [0.29, 0.717) is 13.2 Å². The van der Waals surface area contributed by atoms with E-state index >= 15 is 0 Å². The van der Waals surface area contributed by atoms with Gasteiger partial charge in [0.25, 0.3) is 0 Å². The zero-order valence-electron chi connectivity index (χ0n) is 8.69. The van der Waals surface area contributed by atoms with Gasteiger partial charge in [-0.05, 0) is 13.0 Å². The van der Waals surface area contributed by atoms with E-state index < -0.39 is 0 Å². The second kappa shape index (κ2) is 5.62. The van der Waals surface area contributed by atoms with Crippen molar-refractivity contribution in [3.05, 3.63) is 29.8 Å². The summed E-state index contributed by atoms with van der Waals surface area (Å²) in [6, 6.07) is 7.66. The summed E-state index contributed by atoms with van der Waals surface area (Å²) in [4.78, 5) is 0. The maximum atomic E-state index is 5.93. The minimum atomic E-state index is -0.122. The standard InChI is InChI=1S/C11H17NO2/c1-3-14-11-7-5-4-6-9(11)10(12)8-13-2/h4-7,10H,3,8,12H2,1-2H3/t10-/m0/s1. The number of benzene rings is 1. The van der Waals surface area contributed by atoms with Crippen molar-refractivity contribution in [2.45, 2.75) is 13.0 Å². The molecule has 1 aromatic carbocycles. The van der Waals surface area contributed by atoms with Crippen LogP contribution >= 0.6 is 0 Å². The number of rotatable bonds is 5. The SMILES string of the molecule is CCOc1ccccc1[C@@H](N)COC. The van der Waals surface area contributed by atoms with Gasteiger partial charge < -0.3 is 15.2 Å². The summed E-state index contributed by atoms with van der Waals surface area (Å²) in [7, 11) is 1.64. The molecule has 0 heterocycles. The third kappa shape index (κ3) is 2.72. The van der Waals surface area contributed by atoms with Crippen LogP contribution in [-0.2, 0) is 4.74 Å². The summed E-state index contributed by atoms with van der Waals surface area (Å²) in [6.07, 6.45) is 0. The normalized spacial score (nSPS) is 12.5. The van der Waals surface area contributed by atoms with E-state index in [9.17, 15) is 0 Å². The van der Waals surface area contributed by atoms with Gasteiger partial charge in [0, 0.05) is 12.7 Å². The average Bonchev–Trinajstić information content (AvgIpc) is 2.19. The number of hydrogen-bond donors (Lipinski definition) is 1. The van der Waals surface area contributed by atoms with Crippen LogP contribution in [0.25, 0.3) is 0 Å². The second-order valence-corrected chi connectivity index (χ2v) is 3.03. The minimum Gasteiger partial charge on any atom is -0.494 e. The molecule has 0 spiro atoms. The number of methoxy groups -OCH3 is 1. The van der Waals surface area contributed by atoms with Crippen LogP contribution in [0, 0.1) is 0 Å². The molecule has 14 heavy (non-hydrogen) atoms. The Kier molecular flexibility index (Phi) is 4.43. The molecule has 78 valence electrons. The molecular weight excluding hydrogens is 178 g/mol. The molecule has 0 saturated heterocycles. The molecule has 0 aromatic heterocycles. The van der Waals surface area contributed by atoms with Crippen molar-refractivity contribution < 1.29 is 9.47 Å². The highest BCUT2D eigenvalue weighted by Crippen LogP contribution is 2.23. The van der Waals surface area contributed by atoms with E-state index in [-0.39, 0.29) is 6.04 Å². The van der Waals surface area contributed by atoms with Crippen molar-refractivity contribution in [1.82, 2.24) is 0 Å². The number of para-hydroxylation sites is 1. The summed E-state index contributed by atoms with van der Waals surface area (Å²) in [5, 5.41) is 0. The van der Waals surface area contributed by atoms with Crippen molar-refractivity contribution in [1.29, 1.82) is 0 Å². The minimum absolute atomic E-state index is 0.122. The van der Waals surface area contributed by atoms with Crippen LogP contribution < -0.4 is 10.5 Å². The first-order valence-corrected chi connectivity index (χ1v) is 4.75. The second-order valence-electron chi connectivity index (χ2n) is 3.03. The summed E-state index contributed by atoms with van der Waals surface area (Å²) < 4.78 is 10.5. The first-order valence-electron chi connectivity index (χ1n) is 4.75. The van der Waals surface area contributed by atoms with Crippen LogP contribution in [0.5, 0.6) is 5.75 Å². The summed E-state index contributed by atoms with van der Waals surface area (Å²) in [6.45, 7) is 3.11. The van der Waals surface area contributed by atoms with Gasteiger partial charge >= 0.3 is 0 Å². The van der Waals surface area contributed by atoms with Gasteiger partial charge in [0.1, 0.15) is 5.75 Å². The Hall–Kier alpha value is -1.06. The van der Waals surface area contributed by atoms with Gasteiger partial charge in [-0.1, -0.05) is 18.2 Å². The largest absolute Gasteiger partial charge is 0.494 e. The van der Waals surface area contributed by atoms with E-state index in [4.69, 9.17) is 15.2 Å². The topological polar surface area (TPSA) is 44.5 Å². The van der Waals surface area contributed by atoms with Crippen molar-refractivity contribution in [3.63, 3.8) is 0 Å². The Morgan fingerprint density at radius 1 is 1.36 bits per heavy atom. The van der Waals surface area contributed by atoms with Gasteiger partial charge in [-0.25, -0.2) is 0 Å². The van der Waals surface area contributed by atoms with Crippen LogP contribution in [-0.4, -0.2) is 20.3 Å². The van der Waals surface area contributed by atoms with Gasteiger partial charge in [0.05, 0.1) is 19.3 Å². The van der Waals surface area contributed by atoms with E-state index in [1.165, 1.54) is 0 Å². The van der Waals surface area contributed by atoms with Gasteiger partial charge in [0.2, 0.25) is 0 Å². The molecule has 3 nitrogen and oxygen atoms in total. The maximum Gasteiger partial charge on any atom is 0.124 e. The molecule has 0 unspecified atom stereocenters. The Balaban J connectivity index is 2.82. The number of nitrogens with two attached hydrogens (primary N) is 1. The highest BCUT2D eigenvalue weighted by Gasteiger charge is 2.10. The van der Waals surface area contributed by atoms with Gasteiger partial charge in [-0.3, -0.25) is 0 Å². The summed E-state index contributed by atoms with van der Waals surface area (Å²) in [5.74, 6) is 0.847. The molecule has 0 aliphatic rings. The van der Waals surface area contributed by atoms with Gasteiger partial charge in [-0.15, -0.1) is 0 Å². The Morgan fingerprint density at radius 3 is 2.71 bits per heavy atom. The molecule has 1 rings (SSSR count). The van der Waals surface area contributed by atoms with Gasteiger partial charge in [-0.2, -0.15) is 0 Å². The maximum absolute atomic E-state index is 5.93. The molecular formula is C11H17NO2. The van der Waals surface area contributed by atoms with Crippen LogP contribution in [0.15, 0.2) is 24.3 Å². The summed E-state index contributed by atoms with van der Waals surface area (Å²) in [5.41, 5.74) is 6.93. The third-order valence-electron chi connectivity index (χ3n) is 1.96. The van der Waals surface area contributed by atoms with E-state index in [2.05, 4.69) is 0 Å². The lowest BCUT2D eigenvalue weighted by atomic mass is 10.1. The Bertz CT molecular complexity index is 276. The van der Waals surface area contributed by atoms with Crippen molar-refractivity contribution in [2.75, 3.05) is 20.3 Å². The first kappa shape index (κ1) is 11.0. The fraction of sp³-hybridized carbons (Fsp3) is 0.455. The van der Waals surface area contributed by atoms with Crippen molar-refractivity contribution in [2.24, 2.45) is 5.73 Å². The highest BCUT2D eigenvalue weighted by atomic mass is 16.5. The van der Waals surface area contributed by atoms with Crippen LogP contribution in [0.2, 0.25) is 0 Å². The summed E-state index contributed by atoms with van der Waals surface area (Å²) >= 11 is 0. The lowest BCUT2D eigenvalue weighted by molar-refractivity contribution is 0.179. The Labute approximate surface area is 84.8 Å². The smallest absolute Gasteiger partial charge is 0.124 e. The van der Waals surface area contributed by atoms with Crippen molar-refractivity contribution in [3.8, 4) is 5.75 Å². The highest BCUT2D eigenvalue weighted by molar-refractivity contribution is 5.35.